The van der Waals surface area contributed by atoms with Gasteiger partial charge >= 0.3 is 0 Å². The van der Waals surface area contributed by atoms with Crippen LogP contribution >= 0.6 is 0 Å². The van der Waals surface area contributed by atoms with Crippen LogP contribution in [-0.2, 0) is 19.5 Å². The van der Waals surface area contributed by atoms with E-state index < -0.39 is 0 Å². The second-order valence-corrected chi connectivity index (χ2v) is 6.36. The molecule has 4 nitrogen and oxygen atoms in total. The molecule has 4 heteroatoms. The summed E-state index contributed by atoms with van der Waals surface area (Å²) in [5.41, 5.74) is 3.69. The van der Waals surface area contributed by atoms with Crippen molar-refractivity contribution in [2.45, 2.75) is 19.5 Å². The highest BCUT2D eigenvalue weighted by molar-refractivity contribution is 5.97. The first-order valence-corrected chi connectivity index (χ1v) is 8.79. The average Bonchev–Trinajstić information content (AvgIpc) is 3.17. The van der Waals surface area contributed by atoms with Crippen molar-refractivity contribution >= 4 is 5.91 Å². The van der Waals surface area contributed by atoms with Crippen LogP contribution in [0, 0.1) is 0 Å². The molecule has 0 fully saturated rings. The summed E-state index contributed by atoms with van der Waals surface area (Å²) in [6.45, 7) is 1.62. The van der Waals surface area contributed by atoms with Gasteiger partial charge < -0.3 is 9.64 Å². The molecule has 0 unspecified atom stereocenters. The standard InChI is InChI=1S/C22H20N2O2/c25-22(20-11-6-9-18-12-14-26-21(18)20)24(15-17-7-2-1-3-8-17)16-19-10-4-5-13-23-19/h1-11,13H,12,14-16H2. The van der Waals surface area contributed by atoms with Gasteiger partial charge in [-0.25, -0.2) is 0 Å². The summed E-state index contributed by atoms with van der Waals surface area (Å²) in [7, 11) is 0. The number of hydrogen-bond donors (Lipinski definition) is 0. The molecule has 0 bridgehead atoms. The van der Waals surface area contributed by atoms with Crippen LogP contribution in [0.1, 0.15) is 27.2 Å². The van der Waals surface area contributed by atoms with Gasteiger partial charge in [0, 0.05) is 19.2 Å². The molecule has 0 spiro atoms. The van der Waals surface area contributed by atoms with Gasteiger partial charge in [0.25, 0.3) is 5.91 Å². The lowest BCUT2D eigenvalue weighted by Gasteiger charge is -2.23. The number of fused-ring (bicyclic) bond motifs is 1. The lowest BCUT2D eigenvalue weighted by atomic mass is 10.1. The molecule has 2 heterocycles. The van der Waals surface area contributed by atoms with E-state index >= 15 is 0 Å². The van der Waals surface area contributed by atoms with E-state index in [9.17, 15) is 4.79 Å². The Balaban J connectivity index is 1.65. The summed E-state index contributed by atoms with van der Waals surface area (Å²) in [6, 6.07) is 21.6. The Hall–Kier alpha value is -3.14. The molecule has 1 aliphatic rings. The molecule has 1 aliphatic heterocycles. The summed E-state index contributed by atoms with van der Waals surface area (Å²) in [4.78, 5) is 19.5. The number of rotatable bonds is 5. The lowest BCUT2D eigenvalue weighted by molar-refractivity contribution is 0.0724. The van der Waals surface area contributed by atoms with Gasteiger partial charge in [-0.05, 0) is 29.3 Å². The molecule has 2 aromatic carbocycles. The number of amides is 1. The minimum Gasteiger partial charge on any atom is -0.492 e. The van der Waals surface area contributed by atoms with Crippen LogP contribution in [0.2, 0.25) is 0 Å². The van der Waals surface area contributed by atoms with Crippen molar-refractivity contribution in [1.82, 2.24) is 9.88 Å². The molecule has 0 atom stereocenters. The average molecular weight is 344 g/mol. The third kappa shape index (κ3) is 3.45. The zero-order valence-corrected chi connectivity index (χ0v) is 14.5. The fourth-order valence-electron chi connectivity index (χ4n) is 3.24. The van der Waals surface area contributed by atoms with E-state index in [0.29, 0.717) is 25.3 Å². The molecule has 4 rings (SSSR count). The predicted octanol–water partition coefficient (Wildman–Crippen LogP) is 3.86. The van der Waals surface area contributed by atoms with Gasteiger partial charge in [-0.2, -0.15) is 0 Å². The fourth-order valence-corrected chi connectivity index (χ4v) is 3.24. The quantitative estimate of drug-likeness (QED) is 0.706. The normalized spacial score (nSPS) is 12.3. The highest BCUT2D eigenvalue weighted by atomic mass is 16.5. The second-order valence-electron chi connectivity index (χ2n) is 6.36. The summed E-state index contributed by atoms with van der Waals surface area (Å²) in [5, 5.41) is 0. The zero-order chi connectivity index (χ0) is 17.8. The van der Waals surface area contributed by atoms with Gasteiger partial charge in [0.05, 0.1) is 24.4 Å². The molecular formula is C22H20N2O2. The Morgan fingerprint density at radius 2 is 1.81 bits per heavy atom. The first-order valence-electron chi connectivity index (χ1n) is 8.79. The molecular weight excluding hydrogens is 324 g/mol. The van der Waals surface area contributed by atoms with Crippen LogP contribution in [0.4, 0.5) is 0 Å². The molecule has 0 saturated carbocycles. The van der Waals surface area contributed by atoms with Crippen LogP contribution in [0.25, 0.3) is 0 Å². The van der Waals surface area contributed by atoms with Gasteiger partial charge in [-0.1, -0.05) is 48.5 Å². The van der Waals surface area contributed by atoms with Crippen molar-refractivity contribution < 1.29 is 9.53 Å². The molecule has 0 radical (unpaired) electrons. The summed E-state index contributed by atoms with van der Waals surface area (Å²) >= 11 is 0. The van der Waals surface area contributed by atoms with E-state index in [0.717, 1.165) is 29.0 Å². The number of nitrogens with zero attached hydrogens (tertiary/aromatic N) is 2. The molecule has 0 aliphatic carbocycles. The monoisotopic (exact) mass is 344 g/mol. The number of ether oxygens (including phenoxy) is 1. The number of carbonyl (C=O) groups excluding carboxylic acids is 1. The molecule has 130 valence electrons. The third-order valence-corrected chi connectivity index (χ3v) is 4.53. The van der Waals surface area contributed by atoms with Crippen LogP contribution in [0.3, 0.4) is 0 Å². The largest absolute Gasteiger partial charge is 0.492 e. The highest BCUT2D eigenvalue weighted by Crippen LogP contribution is 2.30. The Bertz CT molecular complexity index is 853. The number of para-hydroxylation sites is 1. The maximum absolute atomic E-state index is 13.3. The van der Waals surface area contributed by atoms with Crippen LogP contribution in [0.5, 0.6) is 5.75 Å². The smallest absolute Gasteiger partial charge is 0.258 e. The van der Waals surface area contributed by atoms with Gasteiger partial charge in [0.15, 0.2) is 0 Å². The van der Waals surface area contributed by atoms with Crippen LogP contribution in [-0.4, -0.2) is 22.4 Å². The van der Waals surface area contributed by atoms with Crippen LogP contribution < -0.4 is 4.74 Å². The van der Waals surface area contributed by atoms with E-state index in [4.69, 9.17) is 4.74 Å². The minimum absolute atomic E-state index is 0.0294. The van der Waals surface area contributed by atoms with Gasteiger partial charge in [0.1, 0.15) is 5.75 Å². The van der Waals surface area contributed by atoms with Crippen molar-refractivity contribution in [2.24, 2.45) is 0 Å². The van der Waals surface area contributed by atoms with Crippen molar-refractivity contribution in [3.8, 4) is 5.75 Å². The Morgan fingerprint density at radius 3 is 2.62 bits per heavy atom. The van der Waals surface area contributed by atoms with Crippen molar-refractivity contribution in [3.05, 3.63) is 95.3 Å². The number of benzene rings is 2. The van der Waals surface area contributed by atoms with Gasteiger partial charge in [-0.15, -0.1) is 0 Å². The Labute approximate surface area is 153 Å². The van der Waals surface area contributed by atoms with Crippen molar-refractivity contribution in [1.29, 1.82) is 0 Å². The number of pyridine rings is 1. The van der Waals surface area contributed by atoms with Gasteiger partial charge in [0.2, 0.25) is 0 Å². The van der Waals surface area contributed by atoms with Crippen LogP contribution in [0.15, 0.2) is 72.9 Å². The summed E-state index contributed by atoms with van der Waals surface area (Å²) < 4.78 is 5.74. The summed E-state index contributed by atoms with van der Waals surface area (Å²) in [5.74, 6) is 0.704. The molecule has 0 saturated heterocycles. The van der Waals surface area contributed by atoms with E-state index in [1.165, 1.54) is 0 Å². The van der Waals surface area contributed by atoms with Gasteiger partial charge in [-0.3, -0.25) is 9.78 Å². The SMILES string of the molecule is O=C(c1cccc2c1OCC2)N(Cc1ccccc1)Cc1ccccn1. The van der Waals surface area contributed by atoms with Crippen molar-refractivity contribution in [3.63, 3.8) is 0 Å². The molecule has 1 aromatic heterocycles. The first-order chi connectivity index (χ1) is 12.8. The van der Waals surface area contributed by atoms with E-state index in [1.807, 2.05) is 71.6 Å². The highest BCUT2D eigenvalue weighted by Gasteiger charge is 2.24. The second kappa shape index (κ2) is 7.40. The third-order valence-electron chi connectivity index (χ3n) is 4.53. The lowest BCUT2D eigenvalue weighted by Crippen LogP contribution is -2.30. The Morgan fingerprint density at radius 1 is 0.962 bits per heavy atom. The number of aromatic nitrogens is 1. The Kier molecular flexibility index (Phi) is 4.65. The van der Waals surface area contributed by atoms with E-state index in [2.05, 4.69) is 4.98 Å². The molecule has 0 N–H and O–H groups in total. The molecule has 3 aromatic rings. The van der Waals surface area contributed by atoms with E-state index in [1.54, 1.807) is 6.20 Å². The molecule has 1 amide bonds. The predicted molar refractivity (Wildman–Crippen MR) is 99.9 cm³/mol. The zero-order valence-electron chi connectivity index (χ0n) is 14.5. The number of hydrogen-bond acceptors (Lipinski definition) is 3. The van der Waals surface area contributed by atoms with E-state index in [-0.39, 0.29) is 5.91 Å². The maximum Gasteiger partial charge on any atom is 0.258 e. The topological polar surface area (TPSA) is 42.4 Å². The maximum atomic E-state index is 13.3. The first kappa shape index (κ1) is 16.3. The summed E-state index contributed by atoms with van der Waals surface area (Å²) in [6.07, 6.45) is 2.61. The minimum atomic E-state index is -0.0294. The van der Waals surface area contributed by atoms with Crippen molar-refractivity contribution in [2.75, 3.05) is 6.61 Å². The fraction of sp³-hybridized carbons (Fsp3) is 0.182. The number of carbonyl (C=O) groups is 1. The molecule has 26 heavy (non-hydrogen) atoms.